The summed E-state index contributed by atoms with van der Waals surface area (Å²) in [6.07, 6.45) is 0.875. The maximum absolute atomic E-state index is 10.3. The average molecular weight is 274 g/mol. The number of nitrogen functional groups attached to an aromatic ring is 1. The summed E-state index contributed by atoms with van der Waals surface area (Å²) in [4.78, 5) is 10.3. The molecular weight excluding hydrogens is 256 g/mol. The summed E-state index contributed by atoms with van der Waals surface area (Å²) in [7, 11) is 0. The van der Waals surface area contributed by atoms with E-state index in [2.05, 4.69) is 0 Å². The lowest BCUT2D eigenvalue weighted by Gasteiger charge is -1.96. The molecule has 0 heterocycles. The van der Waals surface area contributed by atoms with E-state index in [1.54, 1.807) is 24.3 Å². The van der Waals surface area contributed by atoms with Crippen molar-refractivity contribution >= 4 is 11.7 Å². The molecule has 0 aliphatic rings. The second-order valence-electron chi connectivity index (χ2n) is 4.14. The monoisotopic (exact) mass is 274 g/mol. The first-order valence-corrected chi connectivity index (χ1v) is 6.09. The molecule has 2 rings (SSSR count). The van der Waals surface area contributed by atoms with Gasteiger partial charge in [0.15, 0.2) is 0 Å². The fourth-order valence-corrected chi connectivity index (χ4v) is 1.50. The lowest BCUT2D eigenvalue weighted by atomic mass is 10.1. The van der Waals surface area contributed by atoms with Crippen molar-refractivity contribution in [2.24, 2.45) is 5.73 Å². The van der Waals surface area contributed by atoms with Crippen LogP contribution in [0.4, 0.5) is 5.69 Å². The van der Waals surface area contributed by atoms with Crippen LogP contribution in [0, 0.1) is 0 Å². The SMILES string of the molecule is NCCc1ccc(O)cc1.Nc1cccc(C(=O)O)c1. The third-order valence-electron chi connectivity index (χ3n) is 2.50. The Bertz CT molecular complexity index is 553. The molecule has 0 bridgehead atoms. The van der Waals surface area contributed by atoms with Crippen LogP contribution in [0.1, 0.15) is 15.9 Å². The molecule has 0 spiro atoms. The number of hydrogen-bond acceptors (Lipinski definition) is 4. The lowest BCUT2D eigenvalue weighted by Crippen LogP contribution is -2.01. The molecule has 0 saturated carbocycles. The van der Waals surface area contributed by atoms with Crippen LogP contribution in [-0.4, -0.2) is 22.7 Å². The zero-order valence-corrected chi connectivity index (χ0v) is 11.0. The topological polar surface area (TPSA) is 110 Å². The first kappa shape index (κ1) is 15.5. The van der Waals surface area contributed by atoms with Crippen molar-refractivity contribution in [3.05, 3.63) is 59.7 Å². The number of nitrogens with two attached hydrogens (primary N) is 2. The van der Waals surface area contributed by atoms with E-state index in [4.69, 9.17) is 21.7 Å². The van der Waals surface area contributed by atoms with Crippen LogP contribution >= 0.6 is 0 Å². The van der Waals surface area contributed by atoms with Crippen molar-refractivity contribution in [3.8, 4) is 5.75 Å². The van der Waals surface area contributed by atoms with Gasteiger partial charge in [0, 0.05) is 5.69 Å². The molecule has 0 aliphatic carbocycles. The van der Waals surface area contributed by atoms with E-state index in [0.29, 0.717) is 18.0 Å². The Balaban J connectivity index is 0.000000200. The first-order valence-electron chi connectivity index (χ1n) is 6.09. The summed E-state index contributed by atoms with van der Waals surface area (Å²) in [6.45, 7) is 0.658. The van der Waals surface area contributed by atoms with Crippen molar-refractivity contribution in [1.29, 1.82) is 0 Å². The van der Waals surface area contributed by atoms with E-state index >= 15 is 0 Å². The predicted octanol–water partition coefficient (Wildman–Crippen LogP) is 1.86. The minimum atomic E-state index is -0.952. The summed E-state index contributed by atoms with van der Waals surface area (Å²) < 4.78 is 0. The summed E-state index contributed by atoms with van der Waals surface area (Å²) in [5, 5.41) is 17.3. The molecule has 0 saturated heterocycles. The molecule has 106 valence electrons. The Morgan fingerprint density at radius 1 is 1.10 bits per heavy atom. The van der Waals surface area contributed by atoms with Gasteiger partial charge in [-0.15, -0.1) is 0 Å². The number of rotatable bonds is 3. The number of benzene rings is 2. The van der Waals surface area contributed by atoms with Gasteiger partial charge < -0.3 is 21.7 Å². The van der Waals surface area contributed by atoms with E-state index in [1.165, 1.54) is 17.7 Å². The van der Waals surface area contributed by atoms with Gasteiger partial charge in [-0.2, -0.15) is 0 Å². The molecule has 0 atom stereocenters. The van der Waals surface area contributed by atoms with E-state index in [9.17, 15) is 4.79 Å². The van der Waals surface area contributed by atoms with Gasteiger partial charge in [-0.05, 0) is 48.9 Å². The molecule has 20 heavy (non-hydrogen) atoms. The molecule has 0 aliphatic heterocycles. The first-order chi connectivity index (χ1) is 9.52. The maximum Gasteiger partial charge on any atom is 0.335 e. The third-order valence-corrected chi connectivity index (χ3v) is 2.50. The number of phenols is 1. The zero-order chi connectivity index (χ0) is 15.0. The number of carboxylic acid groups (broad SMARTS) is 1. The number of hydrogen-bond donors (Lipinski definition) is 4. The van der Waals surface area contributed by atoms with E-state index < -0.39 is 5.97 Å². The summed E-state index contributed by atoms with van der Waals surface area (Å²) >= 11 is 0. The van der Waals surface area contributed by atoms with Crippen LogP contribution < -0.4 is 11.5 Å². The number of carbonyl (C=O) groups is 1. The molecule has 0 aromatic heterocycles. The molecule has 2 aromatic rings. The molecule has 5 nitrogen and oxygen atoms in total. The highest BCUT2D eigenvalue weighted by molar-refractivity contribution is 5.88. The highest BCUT2D eigenvalue weighted by atomic mass is 16.4. The lowest BCUT2D eigenvalue weighted by molar-refractivity contribution is 0.0697. The Morgan fingerprint density at radius 2 is 1.75 bits per heavy atom. The molecule has 0 fully saturated rings. The van der Waals surface area contributed by atoms with Gasteiger partial charge in [-0.25, -0.2) is 4.79 Å². The van der Waals surface area contributed by atoms with Crippen LogP contribution in [0.2, 0.25) is 0 Å². The Labute approximate surface area is 117 Å². The molecule has 5 heteroatoms. The molecule has 0 radical (unpaired) electrons. The van der Waals surface area contributed by atoms with Crippen LogP contribution in [0.25, 0.3) is 0 Å². The Hall–Kier alpha value is -2.53. The second-order valence-corrected chi connectivity index (χ2v) is 4.14. The van der Waals surface area contributed by atoms with Gasteiger partial charge in [0.05, 0.1) is 5.56 Å². The standard InChI is InChI=1S/C8H11NO.C7H7NO2/c9-6-5-7-1-3-8(10)4-2-7;8-6-3-1-2-5(4-6)7(9)10/h1-4,10H,5-6,9H2;1-4H,8H2,(H,9,10). The van der Waals surface area contributed by atoms with Gasteiger partial charge in [-0.3, -0.25) is 0 Å². The molecule has 0 unspecified atom stereocenters. The second kappa shape index (κ2) is 7.81. The van der Waals surface area contributed by atoms with E-state index in [-0.39, 0.29) is 5.56 Å². The third kappa shape index (κ3) is 5.41. The van der Waals surface area contributed by atoms with Gasteiger partial charge in [-0.1, -0.05) is 18.2 Å². The van der Waals surface area contributed by atoms with E-state index in [0.717, 1.165) is 6.42 Å². The van der Waals surface area contributed by atoms with Crippen molar-refractivity contribution in [3.63, 3.8) is 0 Å². The van der Waals surface area contributed by atoms with Crippen LogP contribution in [0.3, 0.4) is 0 Å². The Kier molecular flexibility index (Phi) is 6.06. The molecule has 0 amide bonds. The van der Waals surface area contributed by atoms with Crippen LogP contribution in [0.5, 0.6) is 5.75 Å². The summed E-state index contributed by atoms with van der Waals surface area (Å²) in [6, 6.07) is 13.3. The number of carboxylic acids is 1. The summed E-state index contributed by atoms with van der Waals surface area (Å²) in [5.74, 6) is -0.645. The fourth-order valence-electron chi connectivity index (χ4n) is 1.50. The smallest absolute Gasteiger partial charge is 0.335 e. The number of aromatic carboxylic acids is 1. The highest BCUT2D eigenvalue weighted by Crippen LogP contribution is 2.09. The normalized spacial score (nSPS) is 9.45. The van der Waals surface area contributed by atoms with Crippen molar-refractivity contribution < 1.29 is 15.0 Å². The van der Waals surface area contributed by atoms with Gasteiger partial charge in [0.25, 0.3) is 0 Å². The van der Waals surface area contributed by atoms with Gasteiger partial charge >= 0.3 is 5.97 Å². The van der Waals surface area contributed by atoms with Crippen LogP contribution in [-0.2, 0) is 6.42 Å². The maximum atomic E-state index is 10.3. The van der Waals surface area contributed by atoms with Gasteiger partial charge in [0.2, 0.25) is 0 Å². The average Bonchev–Trinajstić information content (AvgIpc) is 2.42. The van der Waals surface area contributed by atoms with Crippen molar-refractivity contribution in [1.82, 2.24) is 0 Å². The highest BCUT2D eigenvalue weighted by Gasteiger charge is 1.99. The largest absolute Gasteiger partial charge is 0.508 e. The minimum Gasteiger partial charge on any atom is -0.508 e. The van der Waals surface area contributed by atoms with Gasteiger partial charge in [0.1, 0.15) is 5.75 Å². The predicted molar refractivity (Wildman–Crippen MR) is 78.7 cm³/mol. The zero-order valence-electron chi connectivity index (χ0n) is 11.0. The van der Waals surface area contributed by atoms with Crippen LogP contribution in [0.15, 0.2) is 48.5 Å². The minimum absolute atomic E-state index is 0.222. The van der Waals surface area contributed by atoms with Crippen molar-refractivity contribution in [2.45, 2.75) is 6.42 Å². The Morgan fingerprint density at radius 3 is 2.20 bits per heavy atom. The van der Waals surface area contributed by atoms with Crippen molar-refractivity contribution in [2.75, 3.05) is 12.3 Å². The number of phenolic OH excluding ortho intramolecular Hbond substituents is 1. The molecule has 2 aromatic carbocycles. The number of anilines is 1. The summed E-state index contributed by atoms with van der Waals surface area (Å²) in [5.41, 5.74) is 12.5. The van der Waals surface area contributed by atoms with E-state index in [1.807, 2.05) is 12.1 Å². The quantitative estimate of drug-likeness (QED) is 0.639. The molecular formula is C15H18N2O3. The number of aromatic hydroxyl groups is 1. The fraction of sp³-hybridized carbons (Fsp3) is 0.133. The molecule has 6 N–H and O–H groups in total.